The minimum absolute atomic E-state index is 0.0365. The summed E-state index contributed by atoms with van der Waals surface area (Å²) in [7, 11) is 0. The summed E-state index contributed by atoms with van der Waals surface area (Å²) in [6.45, 7) is 2.59. The fourth-order valence-electron chi connectivity index (χ4n) is 2.47. The Kier molecular flexibility index (Phi) is 6.95. The van der Waals surface area contributed by atoms with Gasteiger partial charge in [0, 0.05) is 5.69 Å². The van der Waals surface area contributed by atoms with Crippen LogP contribution < -0.4 is 15.5 Å². The first-order valence-electron chi connectivity index (χ1n) is 9.18. The quantitative estimate of drug-likeness (QED) is 0.445. The van der Waals surface area contributed by atoms with Crippen molar-refractivity contribution < 1.29 is 13.9 Å². The maximum Gasteiger partial charge on any atom is 0.259 e. The van der Waals surface area contributed by atoms with Crippen molar-refractivity contribution in [1.82, 2.24) is 5.43 Å². The van der Waals surface area contributed by atoms with E-state index in [1.165, 1.54) is 17.7 Å². The van der Waals surface area contributed by atoms with E-state index in [1.54, 1.807) is 18.3 Å². The molecule has 0 aromatic heterocycles. The summed E-state index contributed by atoms with van der Waals surface area (Å²) >= 11 is 0. The Bertz CT molecular complexity index is 953. The molecule has 0 radical (unpaired) electrons. The smallest absolute Gasteiger partial charge is 0.259 e. The molecule has 0 saturated carbocycles. The zero-order valence-electron chi connectivity index (χ0n) is 16.1. The Labute approximate surface area is 169 Å². The van der Waals surface area contributed by atoms with Crippen molar-refractivity contribution in [3.05, 3.63) is 95.3 Å². The van der Waals surface area contributed by atoms with Crippen LogP contribution in [-0.2, 0) is 11.4 Å². The van der Waals surface area contributed by atoms with Crippen LogP contribution in [-0.4, -0.2) is 18.7 Å². The summed E-state index contributed by atoms with van der Waals surface area (Å²) in [5, 5.41) is 6.82. The third kappa shape index (κ3) is 6.77. The Morgan fingerprint density at radius 1 is 1.00 bits per heavy atom. The molecule has 3 aromatic rings. The van der Waals surface area contributed by atoms with Crippen LogP contribution >= 0.6 is 0 Å². The van der Waals surface area contributed by atoms with Crippen molar-refractivity contribution in [3.63, 3.8) is 0 Å². The number of anilines is 1. The largest absolute Gasteiger partial charge is 0.489 e. The normalized spacial score (nSPS) is 10.7. The highest BCUT2D eigenvalue weighted by Gasteiger charge is 2.00. The summed E-state index contributed by atoms with van der Waals surface area (Å²) in [5.41, 5.74) is 6.26. The Hall–Kier alpha value is -3.67. The average molecular weight is 391 g/mol. The highest BCUT2D eigenvalue weighted by atomic mass is 19.1. The SMILES string of the molecule is Cc1ccc(COc2ccc(/C=N\NC(=O)CNc3ccc(F)cc3)cc2)cc1. The first-order chi connectivity index (χ1) is 14.1. The van der Waals surface area contributed by atoms with E-state index >= 15 is 0 Å². The number of benzene rings is 3. The summed E-state index contributed by atoms with van der Waals surface area (Å²) in [6.07, 6.45) is 1.56. The zero-order chi connectivity index (χ0) is 20.5. The first kappa shape index (κ1) is 20.1. The second kappa shape index (κ2) is 10.0. The van der Waals surface area contributed by atoms with Crippen LogP contribution in [0.2, 0.25) is 0 Å². The number of nitrogens with one attached hydrogen (secondary N) is 2. The van der Waals surface area contributed by atoms with Gasteiger partial charge in [0.05, 0.1) is 12.8 Å². The third-order valence-electron chi connectivity index (χ3n) is 4.11. The van der Waals surface area contributed by atoms with Gasteiger partial charge in [0.25, 0.3) is 5.91 Å². The summed E-state index contributed by atoms with van der Waals surface area (Å²) in [5.74, 6) is 0.134. The standard InChI is InChI=1S/C23H22FN3O2/c1-17-2-4-19(5-3-17)16-29-22-12-6-18(7-13-22)14-26-27-23(28)15-25-21-10-8-20(24)9-11-21/h2-14,25H,15-16H2,1H3,(H,27,28)/b26-14-. The maximum atomic E-state index is 12.8. The molecule has 5 nitrogen and oxygen atoms in total. The molecule has 29 heavy (non-hydrogen) atoms. The predicted octanol–water partition coefficient (Wildman–Crippen LogP) is 4.28. The number of halogens is 1. The van der Waals surface area contributed by atoms with Gasteiger partial charge >= 0.3 is 0 Å². The van der Waals surface area contributed by atoms with Gasteiger partial charge in [-0.05, 0) is 66.6 Å². The third-order valence-corrected chi connectivity index (χ3v) is 4.11. The molecular weight excluding hydrogens is 369 g/mol. The van der Waals surface area contributed by atoms with Gasteiger partial charge in [-0.1, -0.05) is 29.8 Å². The molecule has 148 valence electrons. The monoisotopic (exact) mass is 391 g/mol. The van der Waals surface area contributed by atoms with Crippen molar-refractivity contribution in [2.75, 3.05) is 11.9 Å². The van der Waals surface area contributed by atoms with E-state index in [2.05, 4.69) is 34.9 Å². The molecule has 0 aliphatic rings. The minimum atomic E-state index is -0.323. The molecule has 1 amide bonds. The number of hydrogen-bond donors (Lipinski definition) is 2. The maximum absolute atomic E-state index is 12.8. The van der Waals surface area contributed by atoms with E-state index in [0.717, 1.165) is 16.9 Å². The van der Waals surface area contributed by atoms with Crippen LogP contribution in [0.25, 0.3) is 0 Å². The van der Waals surface area contributed by atoms with Crippen molar-refractivity contribution in [2.24, 2.45) is 5.10 Å². The summed E-state index contributed by atoms with van der Waals surface area (Å²) < 4.78 is 18.6. The molecular formula is C23H22FN3O2. The highest BCUT2D eigenvalue weighted by molar-refractivity contribution is 5.84. The van der Waals surface area contributed by atoms with Crippen molar-refractivity contribution in [2.45, 2.75) is 13.5 Å². The average Bonchev–Trinajstić information content (AvgIpc) is 2.74. The fourth-order valence-corrected chi connectivity index (χ4v) is 2.47. The number of aryl methyl sites for hydroxylation is 1. The second-order valence-corrected chi connectivity index (χ2v) is 6.50. The van der Waals surface area contributed by atoms with E-state index in [4.69, 9.17) is 4.74 Å². The predicted molar refractivity (Wildman–Crippen MR) is 113 cm³/mol. The molecule has 2 N–H and O–H groups in total. The lowest BCUT2D eigenvalue weighted by atomic mass is 10.2. The van der Waals surface area contributed by atoms with Crippen LogP contribution in [0.1, 0.15) is 16.7 Å². The lowest BCUT2D eigenvalue weighted by molar-refractivity contribution is -0.119. The van der Waals surface area contributed by atoms with Gasteiger partial charge in [-0.2, -0.15) is 5.10 Å². The van der Waals surface area contributed by atoms with Gasteiger partial charge in [-0.3, -0.25) is 4.79 Å². The lowest BCUT2D eigenvalue weighted by Gasteiger charge is -2.07. The van der Waals surface area contributed by atoms with Crippen LogP contribution in [0, 0.1) is 12.7 Å². The zero-order valence-corrected chi connectivity index (χ0v) is 16.1. The van der Waals surface area contributed by atoms with Crippen LogP contribution in [0.3, 0.4) is 0 Å². The van der Waals surface area contributed by atoms with E-state index in [9.17, 15) is 9.18 Å². The van der Waals surface area contributed by atoms with Crippen molar-refractivity contribution in [3.8, 4) is 5.75 Å². The molecule has 0 aliphatic carbocycles. The Morgan fingerprint density at radius 3 is 2.38 bits per heavy atom. The van der Waals surface area contributed by atoms with Gasteiger partial charge in [-0.25, -0.2) is 9.82 Å². The number of amides is 1. The molecule has 0 atom stereocenters. The molecule has 0 bridgehead atoms. The second-order valence-electron chi connectivity index (χ2n) is 6.50. The van der Waals surface area contributed by atoms with Crippen LogP contribution in [0.5, 0.6) is 5.75 Å². The van der Waals surface area contributed by atoms with E-state index in [-0.39, 0.29) is 18.3 Å². The van der Waals surface area contributed by atoms with Gasteiger partial charge < -0.3 is 10.1 Å². The molecule has 6 heteroatoms. The van der Waals surface area contributed by atoms with Gasteiger partial charge in [0.15, 0.2) is 0 Å². The number of hydrazone groups is 1. The molecule has 3 rings (SSSR count). The Morgan fingerprint density at radius 2 is 1.69 bits per heavy atom. The summed E-state index contributed by atoms with van der Waals surface area (Å²) in [6, 6.07) is 21.4. The van der Waals surface area contributed by atoms with E-state index in [1.807, 2.05) is 36.4 Å². The number of nitrogens with zero attached hydrogens (tertiary/aromatic N) is 1. The van der Waals surface area contributed by atoms with Crippen LogP contribution in [0.15, 0.2) is 77.9 Å². The van der Waals surface area contributed by atoms with Crippen molar-refractivity contribution >= 4 is 17.8 Å². The first-order valence-corrected chi connectivity index (χ1v) is 9.18. The molecule has 3 aromatic carbocycles. The summed E-state index contributed by atoms with van der Waals surface area (Å²) in [4.78, 5) is 11.8. The van der Waals surface area contributed by atoms with Gasteiger partial charge in [-0.15, -0.1) is 0 Å². The molecule has 0 fully saturated rings. The minimum Gasteiger partial charge on any atom is -0.489 e. The van der Waals surface area contributed by atoms with Crippen LogP contribution in [0.4, 0.5) is 10.1 Å². The topological polar surface area (TPSA) is 62.7 Å². The molecule has 0 saturated heterocycles. The van der Waals surface area contributed by atoms with E-state index < -0.39 is 0 Å². The number of carbonyl (C=O) groups is 1. The number of ether oxygens (including phenoxy) is 1. The molecule has 0 aliphatic heterocycles. The fraction of sp³-hybridized carbons (Fsp3) is 0.130. The Balaban J connectivity index is 1.41. The lowest BCUT2D eigenvalue weighted by Crippen LogP contribution is -2.25. The number of rotatable bonds is 8. The van der Waals surface area contributed by atoms with E-state index in [0.29, 0.717) is 12.3 Å². The number of hydrogen-bond acceptors (Lipinski definition) is 4. The van der Waals surface area contributed by atoms with Gasteiger partial charge in [0.1, 0.15) is 18.2 Å². The van der Waals surface area contributed by atoms with Gasteiger partial charge in [0.2, 0.25) is 0 Å². The highest BCUT2D eigenvalue weighted by Crippen LogP contribution is 2.14. The number of carbonyl (C=O) groups excluding carboxylic acids is 1. The molecule has 0 unspecified atom stereocenters. The molecule has 0 spiro atoms. The van der Waals surface area contributed by atoms with Crippen molar-refractivity contribution in [1.29, 1.82) is 0 Å². The molecule has 0 heterocycles.